The molecule has 19 heavy (non-hydrogen) atoms. The fourth-order valence-electron chi connectivity index (χ4n) is 3.75. The molecule has 1 amide bonds. The summed E-state index contributed by atoms with van der Waals surface area (Å²) in [5, 5.41) is 13.1. The van der Waals surface area contributed by atoms with E-state index in [9.17, 15) is 10.1 Å². The van der Waals surface area contributed by atoms with Crippen molar-refractivity contribution < 1.29 is 4.79 Å². The Morgan fingerprint density at radius 2 is 2.05 bits per heavy atom. The third-order valence-corrected chi connectivity index (χ3v) is 6.09. The van der Waals surface area contributed by atoms with Gasteiger partial charge >= 0.3 is 0 Å². The van der Waals surface area contributed by atoms with Gasteiger partial charge in [0, 0.05) is 10.8 Å². The molecule has 3 aliphatic carbocycles. The molecular formula is C15H16N2OS. The van der Waals surface area contributed by atoms with Gasteiger partial charge in [0.15, 0.2) is 0 Å². The van der Waals surface area contributed by atoms with Crippen molar-refractivity contribution in [1.29, 1.82) is 5.26 Å². The van der Waals surface area contributed by atoms with Crippen molar-refractivity contribution in [3.8, 4) is 6.07 Å². The van der Waals surface area contributed by atoms with Crippen LogP contribution in [0.15, 0.2) is 0 Å². The Hall–Kier alpha value is -1.34. The topological polar surface area (TPSA) is 52.9 Å². The van der Waals surface area contributed by atoms with Gasteiger partial charge in [0.2, 0.25) is 5.91 Å². The highest BCUT2D eigenvalue weighted by atomic mass is 32.1. The quantitative estimate of drug-likeness (QED) is 0.899. The minimum atomic E-state index is 0.142. The van der Waals surface area contributed by atoms with Gasteiger partial charge in [0.05, 0.1) is 5.56 Å². The molecule has 2 saturated carbocycles. The lowest BCUT2D eigenvalue weighted by atomic mass is 10.0. The Labute approximate surface area is 116 Å². The van der Waals surface area contributed by atoms with E-state index in [0.717, 1.165) is 54.5 Å². The third kappa shape index (κ3) is 1.80. The Kier molecular flexibility index (Phi) is 2.46. The van der Waals surface area contributed by atoms with Gasteiger partial charge in [0.1, 0.15) is 11.1 Å². The van der Waals surface area contributed by atoms with E-state index in [-0.39, 0.29) is 11.8 Å². The summed E-state index contributed by atoms with van der Waals surface area (Å²) in [5.41, 5.74) is 1.92. The third-order valence-electron chi connectivity index (χ3n) is 4.88. The lowest BCUT2D eigenvalue weighted by molar-refractivity contribution is -0.119. The van der Waals surface area contributed by atoms with E-state index >= 15 is 0 Å². The van der Waals surface area contributed by atoms with Gasteiger partial charge in [-0.05, 0) is 55.9 Å². The first-order valence-corrected chi connectivity index (χ1v) is 7.93. The minimum Gasteiger partial charge on any atom is -0.316 e. The molecule has 4 heteroatoms. The summed E-state index contributed by atoms with van der Waals surface area (Å²) in [6.07, 6.45) is 6.67. The molecule has 98 valence electrons. The van der Waals surface area contributed by atoms with Gasteiger partial charge in [-0.3, -0.25) is 4.79 Å². The molecule has 0 bridgehead atoms. The highest BCUT2D eigenvalue weighted by molar-refractivity contribution is 7.16. The van der Waals surface area contributed by atoms with Crippen molar-refractivity contribution in [2.45, 2.75) is 38.5 Å². The number of nitrogens with one attached hydrogen (secondary N) is 1. The number of thiophene rings is 1. The van der Waals surface area contributed by atoms with Crippen molar-refractivity contribution in [2.75, 3.05) is 5.32 Å². The first-order valence-electron chi connectivity index (χ1n) is 7.11. The zero-order chi connectivity index (χ0) is 13.0. The number of hydrogen-bond donors (Lipinski definition) is 1. The first-order chi connectivity index (χ1) is 9.26. The maximum absolute atomic E-state index is 12.3. The van der Waals surface area contributed by atoms with Crippen LogP contribution in [0.4, 0.5) is 5.00 Å². The predicted molar refractivity (Wildman–Crippen MR) is 74.0 cm³/mol. The van der Waals surface area contributed by atoms with Crippen LogP contribution in [0.2, 0.25) is 0 Å². The van der Waals surface area contributed by atoms with Crippen LogP contribution < -0.4 is 5.32 Å². The smallest absolute Gasteiger partial charge is 0.228 e. The molecule has 0 radical (unpaired) electrons. The lowest BCUT2D eigenvalue weighted by Gasteiger charge is -2.11. The molecule has 3 aliphatic rings. The molecule has 1 heterocycles. The van der Waals surface area contributed by atoms with E-state index in [0.29, 0.717) is 0 Å². The van der Waals surface area contributed by atoms with Gasteiger partial charge in [-0.1, -0.05) is 0 Å². The SMILES string of the molecule is N#Cc1c(NC(=O)C2CC3CC3C2)sc2c1CCC2. The molecule has 2 fully saturated rings. The van der Waals surface area contributed by atoms with Crippen LogP contribution in [0.5, 0.6) is 0 Å². The molecule has 2 unspecified atom stereocenters. The lowest BCUT2D eigenvalue weighted by Crippen LogP contribution is -2.21. The van der Waals surface area contributed by atoms with Crippen molar-refractivity contribution in [2.24, 2.45) is 17.8 Å². The number of fused-ring (bicyclic) bond motifs is 2. The molecule has 1 N–H and O–H groups in total. The van der Waals surface area contributed by atoms with Crippen LogP contribution in [0, 0.1) is 29.1 Å². The van der Waals surface area contributed by atoms with E-state index in [2.05, 4.69) is 11.4 Å². The van der Waals surface area contributed by atoms with Gasteiger partial charge in [-0.25, -0.2) is 0 Å². The van der Waals surface area contributed by atoms with Crippen LogP contribution >= 0.6 is 11.3 Å². The predicted octanol–water partition coefficient (Wildman–Crippen LogP) is 3.09. The number of carbonyl (C=O) groups excluding carboxylic acids is 1. The number of carbonyl (C=O) groups is 1. The van der Waals surface area contributed by atoms with Crippen molar-refractivity contribution in [3.05, 3.63) is 16.0 Å². The maximum Gasteiger partial charge on any atom is 0.228 e. The summed E-state index contributed by atoms with van der Waals surface area (Å²) in [5.74, 6) is 1.97. The fourth-order valence-corrected chi connectivity index (χ4v) is 5.00. The number of nitrogens with zero attached hydrogens (tertiary/aromatic N) is 1. The molecule has 0 spiro atoms. The summed E-state index contributed by atoms with van der Waals surface area (Å²) in [4.78, 5) is 13.6. The van der Waals surface area contributed by atoms with Crippen molar-refractivity contribution >= 4 is 22.2 Å². The molecule has 1 aromatic heterocycles. The van der Waals surface area contributed by atoms with Gasteiger partial charge in [-0.15, -0.1) is 11.3 Å². The second-order valence-electron chi connectivity index (χ2n) is 6.09. The highest BCUT2D eigenvalue weighted by Crippen LogP contribution is 2.54. The molecule has 0 saturated heterocycles. The molecule has 2 atom stereocenters. The number of rotatable bonds is 2. The standard InChI is InChI=1S/C15H16N2OS/c16-7-12-11-2-1-3-13(11)19-15(12)17-14(18)10-5-8-4-9(8)6-10/h8-10H,1-6H2,(H,17,18). The van der Waals surface area contributed by atoms with Gasteiger partial charge in [-0.2, -0.15) is 5.26 Å². The number of nitriles is 1. The van der Waals surface area contributed by atoms with Crippen LogP contribution in [0.3, 0.4) is 0 Å². The summed E-state index contributed by atoms with van der Waals surface area (Å²) < 4.78 is 0. The van der Waals surface area contributed by atoms with E-state index in [1.807, 2.05) is 0 Å². The van der Waals surface area contributed by atoms with Gasteiger partial charge in [0.25, 0.3) is 0 Å². The monoisotopic (exact) mass is 272 g/mol. The second-order valence-corrected chi connectivity index (χ2v) is 7.19. The molecule has 1 aromatic rings. The van der Waals surface area contributed by atoms with E-state index in [4.69, 9.17) is 0 Å². The van der Waals surface area contributed by atoms with Crippen LogP contribution in [0.1, 0.15) is 41.7 Å². The van der Waals surface area contributed by atoms with Crippen LogP contribution in [-0.4, -0.2) is 5.91 Å². The normalized spacial score (nSPS) is 30.6. The summed E-state index contributed by atoms with van der Waals surface area (Å²) in [7, 11) is 0. The number of aryl methyl sites for hydroxylation is 1. The van der Waals surface area contributed by atoms with E-state index in [1.54, 1.807) is 11.3 Å². The molecule has 3 nitrogen and oxygen atoms in total. The molecular weight excluding hydrogens is 256 g/mol. The van der Waals surface area contributed by atoms with Crippen LogP contribution in [-0.2, 0) is 17.6 Å². The van der Waals surface area contributed by atoms with Gasteiger partial charge < -0.3 is 5.32 Å². The number of hydrogen-bond acceptors (Lipinski definition) is 3. The van der Waals surface area contributed by atoms with E-state index in [1.165, 1.54) is 16.9 Å². The zero-order valence-corrected chi connectivity index (χ0v) is 11.6. The summed E-state index contributed by atoms with van der Waals surface area (Å²) in [6, 6.07) is 2.29. The molecule has 4 rings (SSSR count). The zero-order valence-electron chi connectivity index (χ0n) is 10.7. The Morgan fingerprint density at radius 3 is 2.79 bits per heavy atom. The second kappa shape index (κ2) is 4.08. The summed E-state index contributed by atoms with van der Waals surface area (Å²) >= 11 is 1.62. The Morgan fingerprint density at radius 1 is 1.26 bits per heavy atom. The molecule has 0 aliphatic heterocycles. The van der Waals surface area contributed by atoms with Crippen molar-refractivity contribution in [3.63, 3.8) is 0 Å². The average molecular weight is 272 g/mol. The Bertz CT molecular complexity index is 588. The fraction of sp³-hybridized carbons (Fsp3) is 0.600. The molecule has 0 aromatic carbocycles. The summed E-state index contributed by atoms with van der Waals surface area (Å²) in [6.45, 7) is 0. The largest absolute Gasteiger partial charge is 0.316 e. The number of anilines is 1. The maximum atomic E-state index is 12.3. The number of amides is 1. The highest BCUT2D eigenvalue weighted by Gasteiger charge is 2.48. The van der Waals surface area contributed by atoms with Crippen molar-refractivity contribution in [1.82, 2.24) is 0 Å². The average Bonchev–Trinajstić information content (AvgIpc) is 2.81. The first kappa shape index (κ1) is 11.5. The van der Waals surface area contributed by atoms with Crippen LogP contribution in [0.25, 0.3) is 0 Å². The Balaban J connectivity index is 1.53. The van der Waals surface area contributed by atoms with E-state index < -0.39 is 0 Å². The minimum absolute atomic E-state index is 0.142.